The van der Waals surface area contributed by atoms with Crippen LogP contribution in [0.15, 0.2) is 36.4 Å². The quantitative estimate of drug-likeness (QED) is 0.765. The van der Waals surface area contributed by atoms with Crippen molar-refractivity contribution in [1.29, 1.82) is 0 Å². The second kappa shape index (κ2) is 5.98. The van der Waals surface area contributed by atoms with Crippen LogP contribution < -0.4 is 11.1 Å². The van der Waals surface area contributed by atoms with Gasteiger partial charge in [-0.25, -0.2) is 0 Å². The molecule has 2 aromatic carbocycles. The molecule has 0 heterocycles. The Morgan fingerprint density at radius 3 is 2.48 bits per heavy atom. The van der Waals surface area contributed by atoms with E-state index in [4.69, 9.17) is 17.3 Å². The summed E-state index contributed by atoms with van der Waals surface area (Å²) in [6.45, 7) is 3.14. The van der Waals surface area contributed by atoms with Crippen molar-refractivity contribution in [2.45, 2.75) is 26.2 Å². The third-order valence-corrected chi connectivity index (χ3v) is 4.54. The third kappa shape index (κ3) is 3.16. The van der Waals surface area contributed by atoms with Crippen LogP contribution in [0.3, 0.4) is 0 Å². The van der Waals surface area contributed by atoms with Crippen LogP contribution in [0.4, 0.5) is 11.4 Å². The van der Waals surface area contributed by atoms with E-state index in [0.29, 0.717) is 10.7 Å². The fourth-order valence-corrected chi connectivity index (χ4v) is 2.74. The largest absolute Gasteiger partial charge is 0.396 e. The van der Waals surface area contributed by atoms with E-state index in [-0.39, 0.29) is 0 Å². The van der Waals surface area contributed by atoms with Gasteiger partial charge in [0, 0.05) is 12.1 Å². The lowest BCUT2D eigenvalue weighted by molar-refractivity contribution is 0.890. The molecule has 1 fully saturated rings. The van der Waals surface area contributed by atoms with E-state index in [1.807, 2.05) is 6.07 Å². The lowest BCUT2D eigenvalue weighted by Crippen LogP contribution is -2.06. The van der Waals surface area contributed by atoms with E-state index < -0.39 is 0 Å². The molecule has 3 heteroatoms. The van der Waals surface area contributed by atoms with Gasteiger partial charge in [-0.05, 0) is 42.4 Å². The van der Waals surface area contributed by atoms with Crippen LogP contribution in [0.25, 0.3) is 11.1 Å². The molecule has 0 unspecified atom stereocenters. The summed E-state index contributed by atoms with van der Waals surface area (Å²) in [6, 6.07) is 12.6. The molecule has 2 aromatic rings. The molecular weight excluding hydrogens is 280 g/mol. The highest BCUT2D eigenvalue weighted by atomic mass is 35.5. The molecule has 0 amide bonds. The molecule has 110 valence electrons. The Morgan fingerprint density at radius 2 is 1.86 bits per heavy atom. The molecule has 0 aromatic heterocycles. The highest BCUT2D eigenvalue weighted by Gasteiger charge is 2.21. The van der Waals surface area contributed by atoms with Gasteiger partial charge in [-0.1, -0.05) is 48.9 Å². The van der Waals surface area contributed by atoms with E-state index in [0.717, 1.165) is 35.7 Å². The Bertz CT molecular complexity index is 630. The highest BCUT2D eigenvalue weighted by Crippen LogP contribution is 2.38. The molecule has 2 nitrogen and oxygen atoms in total. The normalized spacial score (nSPS) is 14.2. The van der Waals surface area contributed by atoms with E-state index in [1.54, 1.807) is 0 Å². The number of hydrogen-bond donors (Lipinski definition) is 2. The van der Waals surface area contributed by atoms with Gasteiger partial charge in [-0.15, -0.1) is 0 Å². The topological polar surface area (TPSA) is 38.0 Å². The minimum atomic E-state index is 0.639. The summed E-state index contributed by atoms with van der Waals surface area (Å²) in [5, 5.41) is 4.04. The van der Waals surface area contributed by atoms with Gasteiger partial charge in [0.05, 0.1) is 16.4 Å². The number of rotatable bonds is 5. The minimum Gasteiger partial charge on any atom is -0.396 e. The maximum absolute atomic E-state index is 6.47. The summed E-state index contributed by atoms with van der Waals surface area (Å²) in [5.41, 5.74) is 11.2. The van der Waals surface area contributed by atoms with Gasteiger partial charge in [0.15, 0.2) is 0 Å². The number of halogens is 1. The molecule has 21 heavy (non-hydrogen) atoms. The molecular formula is C18H21ClN2. The van der Waals surface area contributed by atoms with E-state index in [2.05, 4.69) is 42.6 Å². The van der Waals surface area contributed by atoms with Gasteiger partial charge in [0.1, 0.15) is 0 Å². The van der Waals surface area contributed by atoms with Crippen molar-refractivity contribution >= 4 is 23.0 Å². The van der Waals surface area contributed by atoms with Crippen LogP contribution in [0.2, 0.25) is 5.02 Å². The predicted molar refractivity (Wildman–Crippen MR) is 91.9 cm³/mol. The van der Waals surface area contributed by atoms with Gasteiger partial charge in [0.25, 0.3) is 0 Å². The first-order valence-corrected chi connectivity index (χ1v) is 7.98. The van der Waals surface area contributed by atoms with Gasteiger partial charge in [0.2, 0.25) is 0 Å². The number of hydrogen-bond acceptors (Lipinski definition) is 2. The highest BCUT2D eigenvalue weighted by molar-refractivity contribution is 6.36. The van der Waals surface area contributed by atoms with Crippen LogP contribution in [-0.2, 0) is 6.42 Å². The summed E-state index contributed by atoms with van der Waals surface area (Å²) < 4.78 is 0. The van der Waals surface area contributed by atoms with Crippen LogP contribution in [-0.4, -0.2) is 6.54 Å². The SMILES string of the molecule is CCc1ccc(-c2ccc(NCC3CC3)c(N)c2Cl)cc1. The van der Waals surface area contributed by atoms with Gasteiger partial charge in [-0.2, -0.15) is 0 Å². The van der Waals surface area contributed by atoms with Crippen LogP contribution in [0, 0.1) is 5.92 Å². The summed E-state index contributed by atoms with van der Waals surface area (Å²) >= 11 is 6.47. The Hall–Kier alpha value is -1.67. The molecule has 0 saturated heterocycles. The maximum Gasteiger partial charge on any atom is 0.0745 e. The van der Waals surface area contributed by atoms with Crippen molar-refractivity contribution in [2.24, 2.45) is 5.92 Å². The number of nitrogens with two attached hydrogens (primary N) is 1. The summed E-state index contributed by atoms with van der Waals surface area (Å²) in [5.74, 6) is 0.810. The summed E-state index contributed by atoms with van der Waals surface area (Å²) in [7, 11) is 0. The molecule has 3 N–H and O–H groups in total. The Labute approximate surface area is 131 Å². The zero-order valence-corrected chi connectivity index (χ0v) is 13.1. The predicted octanol–water partition coefficient (Wildman–Crippen LogP) is 4.97. The number of benzene rings is 2. The molecule has 0 bridgehead atoms. The number of aryl methyl sites for hydroxylation is 1. The minimum absolute atomic E-state index is 0.639. The van der Waals surface area contributed by atoms with Crippen molar-refractivity contribution in [1.82, 2.24) is 0 Å². The standard InChI is InChI=1S/C18H21ClN2/c1-2-12-5-7-14(8-6-12)15-9-10-16(18(20)17(15)19)21-11-13-3-4-13/h5-10,13,21H,2-4,11,20H2,1H3. The van der Waals surface area contributed by atoms with Crippen molar-refractivity contribution in [2.75, 3.05) is 17.6 Å². The smallest absolute Gasteiger partial charge is 0.0745 e. The molecule has 0 radical (unpaired) electrons. The van der Waals surface area contributed by atoms with Crippen molar-refractivity contribution < 1.29 is 0 Å². The third-order valence-electron chi connectivity index (χ3n) is 4.13. The molecule has 1 saturated carbocycles. The summed E-state index contributed by atoms with van der Waals surface area (Å²) in [4.78, 5) is 0. The Kier molecular flexibility index (Phi) is 4.07. The average Bonchev–Trinajstić information content (AvgIpc) is 3.33. The lowest BCUT2D eigenvalue weighted by Gasteiger charge is -2.14. The molecule has 3 rings (SSSR count). The van der Waals surface area contributed by atoms with Gasteiger partial charge >= 0.3 is 0 Å². The van der Waals surface area contributed by atoms with Gasteiger partial charge in [-0.3, -0.25) is 0 Å². The molecule has 1 aliphatic rings. The van der Waals surface area contributed by atoms with E-state index in [9.17, 15) is 0 Å². The average molecular weight is 301 g/mol. The first-order chi connectivity index (χ1) is 10.2. The zero-order chi connectivity index (χ0) is 14.8. The number of anilines is 2. The molecule has 0 spiro atoms. The van der Waals surface area contributed by atoms with Gasteiger partial charge < -0.3 is 11.1 Å². The summed E-state index contributed by atoms with van der Waals surface area (Å²) in [6.07, 6.45) is 3.69. The lowest BCUT2D eigenvalue weighted by atomic mass is 10.0. The van der Waals surface area contributed by atoms with Crippen molar-refractivity contribution in [3.05, 3.63) is 47.0 Å². The second-order valence-electron chi connectivity index (χ2n) is 5.76. The monoisotopic (exact) mass is 300 g/mol. The first kappa shape index (κ1) is 14.3. The Balaban J connectivity index is 1.86. The number of nitrogen functional groups attached to an aromatic ring is 1. The van der Waals surface area contributed by atoms with Crippen molar-refractivity contribution in [3.8, 4) is 11.1 Å². The van der Waals surface area contributed by atoms with Crippen LogP contribution >= 0.6 is 11.6 Å². The van der Waals surface area contributed by atoms with Crippen LogP contribution in [0.1, 0.15) is 25.3 Å². The molecule has 1 aliphatic carbocycles. The fraction of sp³-hybridized carbons (Fsp3) is 0.333. The van der Waals surface area contributed by atoms with Crippen molar-refractivity contribution in [3.63, 3.8) is 0 Å². The Morgan fingerprint density at radius 1 is 1.14 bits per heavy atom. The second-order valence-corrected chi connectivity index (χ2v) is 6.14. The van der Waals surface area contributed by atoms with E-state index in [1.165, 1.54) is 18.4 Å². The fourth-order valence-electron chi connectivity index (χ4n) is 2.47. The molecule has 0 aliphatic heterocycles. The molecule has 0 atom stereocenters. The first-order valence-electron chi connectivity index (χ1n) is 7.60. The van der Waals surface area contributed by atoms with Crippen LogP contribution in [0.5, 0.6) is 0 Å². The number of nitrogens with one attached hydrogen (secondary N) is 1. The van der Waals surface area contributed by atoms with E-state index >= 15 is 0 Å². The zero-order valence-electron chi connectivity index (χ0n) is 12.3. The maximum atomic E-state index is 6.47.